The van der Waals surface area contributed by atoms with E-state index in [0.29, 0.717) is 11.7 Å². The van der Waals surface area contributed by atoms with E-state index < -0.39 is 0 Å². The molecule has 0 aliphatic carbocycles. The van der Waals surface area contributed by atoms with Gasteiger partial charge in [-0.15, -0.1) is 0 Å². The summed E-state index contributed by atoms with van der Waals surface area (Å²) in [5.41, 5.74) is 1.59. The van der Waals surface area contributed by atoms with E-state index in [2.05, 4.69) is 23.8 Å². The van der Waals surface area contributed by atoms with Crippen LogP contribution in [-0.2, 0) is 4.79 Å². The molecule has 0 spiro atoms. The summed E-state index contributed by atoms with van der Waals surface area (Å²) in [6.45, 7) is 9.70. The molecule has 0 aliphatic rings. The van der Waals surface area contributed by atoms with E-state index in [1.54, 1.807) is 14.1 Å². The van der Waals surface area contributed by atoms with Crippen LogP contribution in [0.1, 0.15) is 46.5 Å². The minimum Gasteiger partial charge on any atom is -0.396 e. The van der Waals surface area contributed by atoms with Gasteiger partial charge in [0, 0.05) is 45.1 Å². The number of aliphatic hydroxyl groups excluding tert-OH is 1. The predicted octanol–water partition coefficient (Wildman–Crippen LogP) is 2.69. The van der Waals surface area contributed by atoms with Crippen LogP contribution in [0.3, 0.4) is 0 Å². The molecular weight excluding hydrogens is 278 g/mol. The van der Waals surface area contributed by atoms with E-state index in [1.807, 2.05) is 13.1 Å². The van der Waals surface area contributed by atoms with Crippen molar-refractivity contribution in [3.8, 4) is 0 Å². The van der Waals surface area contributed by atoms with Gasteiger partial charge in [-0.05, 0) is 32.1 Å². The largest absolute Gasteiger partial charge is 0.396 e. The summed E-state index contributed by atoms with van der Waals surface area (Å²) >= 11 is 0. The van der Waals surface area contributed by atoms with Gasteiger partial charge in [-0.3, -0.25) is 9.69 Å². The number of aliphatic imine (C=N–C) groups is 1. The summed E-state index contributed by atoms with van der Waals surface area (Å²) in [5.74, 6) is 0.897. The molecular formula is C17H31N3O2. The highest BCUT2D eigenvalue weighted by Crippen LogP contribution is 2.17. The molecule has 0 saturated heterocycles. The number of hydrogen-bond acceptors (Lipinski definition) is 4. The molecule has 0 aromatic heterocycles. The number of unbranched alkanes of at least 4 members (excludes halogenated alkanes) is 1. The van der Waals surface area contributed by atoms with Crippen molar-refractivity contribution in [2.75, 3.05) is 20.7 Å². The topological polar surface area (TPSA) is 64.9 Å². The number of nitrogens with one attached hydrogen (secondary N) is 1. The van der Waals surface area contributed by atoms with E-state index in [-0.39, 0.29) is 12.5 Å². The first-order valence-corrected chi connectivity index (χ1v) is 7.86. The highest BCUT2D eigenvalue weighted by Gasteiger charge is 2.13. The number of nitrogens with zero attached hydrogens (tertiary/aromatic N) is 2. The zero-order chi connectivity index (χ0) is 17.1. The van der Waals surface area contributed by atoms with Crippen molar-refractivity contribution < 1.29 is 9.90 Å². The van der Waals surface area contributed by atoms with Crippen LogP contribution in [0.15, 0.2) is 28.7 Å². The Morgan fingerprint density at radius 3 is 2.50 bits per heavy atom. The molecule has 0 aromatic rings. The van der Waals surface area contributed by atoms with Gasteiger partial charge in [-0.2, -0.15) is 0 Å². The summed E-state index contributed by atoms with van der Waals surface area (Å²) in [4.78, 5) is 17.8. The van der Waals surface area contributed by atoms with Crippen molar-refractivity contribution in [1.29, 1.82) is 0 Å². The van der Waals surface area contributed by atoms with Crippen LogP contribution in [0.4, 0.5) is 0 Å². The summed E-state index contributed by atoms with van der Waals surface area (Å²) in [6.07, 6.45) is 5.68. The molecule has 0 aliphatic heterocycles. The monoisotopic (exact) mass is 309 g/mol. The van der Waals surface area contributed by atoms with E-state index in [9.17, 15) is 4.79 Å². The van der Waals surface area contributed by atoms with Gasteiger partial charge >= 0.3 is 0 Å². The summed E-state index contributed by atoms with van der Waals surface area (Å²) < 4.78 is 0. The Morgan fingerprint density at radius 2 is 2.05 bits per heavy atom. The molecule has 0 heterocycles. The van der Waals surface area contributed by atoms with E-state index >= 15 is 0 Å². The Kier molecular flexibility index (Phi) is 10.2. The number of carbonyl (C=O) groups excluding carboxylic acids is 1. The van der Waals surface area contributed by atoms with E-state index in [4.69, 9.17) is 5.11 Å². The number of allylic oxidation sites excluding steroid dienone is 1. The SMILES string of the molecule is C=C(NC)/C(C)=C(/N=C\C(CC)CCCCO)N(C)C(C)=O. The molecule has 2 N–H and O–H groups in total. The van der Waals surface area contributed by atoms with Crippen molar-refractivity contribution in [2.24, 2.45) is 10.9 Å². The van der Waals surface area contributed by atoms with Gasteiger partial charge in [0.15, 0.2) is 0 Å². The molecule has 5 heteroatoms. The van der Waals surface area contributed by atoms with Gasteiger partial charge in [0.1, 0.15) is 5.82 Å². The van der Waals surface area contributed by atoms with Crippen LogP contribution in [0.2, 0.25) is 0 Å². The second-order valence-corrected chi connectivity index (χ2v) is 5.42. The summed E-state index contributed by atoms with van der Waals surface area (Å²) in [7, 11) is 3.51. The molecule has 1 unspecified atom stereocenters. The highest BCUT2D eigenvalue weighted by molar-refractivity contribution is 5.76. The number of carbonyl (C=O) groups is 1. The maximum atomic E-state index is 11.7. The maximum absolute atomic E-state index is 11.7. The first-order valence-electron chi connectivity index (χ1n) is 7.86. The van der Waals surface area contributed by atoms with Gasteiger partial charge in [0.05, 0.1) is 0 Å². The Labute approximate surface area is 134 Å². The zero-order valence-electron chi connectivity index (χ0n) is 14.6. The number of rotatable bonds is 10. The van der Waals surface area contributed by atoms with Gasteiger partial charge in [-0.25, -0.2) is 4.99 Å². The number of hydrogen-bond donors (Lipinski definition) is 2. The normalized spacial score (nSPS) is 13.7. The molecule has 126 valence electrons. The van der Waals surface area contributed by atoms with Crippen LogP contribution in [-0.4, -0.2) is 42.8 Å². The smallest absolute Gasteiger partial charge is 0.224 e. The predicted molar refractivity (Wildman–Crippen MR) is 92.6 cm³/mol. The standard InChI is InChI=1S/C17H31N3O2/c1-7-16(10-8-9-11-21)12-19-17(20(6)15(4)22)13(2)14(3)18-5/h12,16,18,21H,3,7-11H2,1-2,4-6H3/b17-13-,19-12-. The molecule has 0 rings (SSSR count). The minimum absolute atomic E-state index is 0.0660. The molecule has 22 heavy (non-hydrogen) atoms. The number of aliphatic hydroxyl groups is 1. The van der Waals surface area contributed by atoms with Gasteiger partial charge < -0.3 is 10.4 Å². The van der Waals surface area contributed by atoms with Crippen LogP contribution >= 0.6 is 0 Å². The maximum Gasteiger partial charge on any atom is 0.224 e. The van der Waals surface area contributed by atoms with Crippen LogP contribution in [0.25, 0.3) is 0 Å². The third-order valence-electron chi connectivity index (χ3n) is 3.79. The average molecular weight is 309 g/mol. The molecule has 0 saturated carbocycles. The molecule has 1 atom stereocenters. The molecule has 0 fully saturated rings. The zero-order valence-corrected chi connectivity index (χ0v) is 14.6. The average Bonchev–Trinajstić information content (AvgIpc) is 2.51. The Bertz CT molecular complexity index is 428. The Hall–Kier alpha value is -1.62. The van der Waals surface area contributed by atoms with Crippen molar-refractivity contribution >= 4 is 12.1 Å². The lowest BCUT2D eigenvalue weighted by Crippen LogP contribution is -2.25. The fourth-order valence-corrected chi connectivity index (χ4v) is 1.98. The summed E-state index contributed by atoms with van der Waals surface area (Å²) in [6, 6.07) is 0. The third-order valence-corrected chi connectivity index (χ3v) is 3.79. The van der Waals surface area contributed by atoms with Crippen LogP contribution < -0.4 is 5.32 Å². The fourth-order valence-electron chi connectivity index (χ4n) is 1.98. The van der Waals surface area contributed by atoms with Crippen LogP contribution in [0, 0.1) is 5.92 Å². The van der Waals surface area contributed by atoms with Gasteiger partial charge in [-0.1, -0.05) is 19.9 Å². The number of likely N-dealkylation sites (N-methyl/N-ethyl adjacent to an activating group) is 1. The Balaban J connectivity index is 5.23. The fraction of sp³-hybridized carbons (Fsp3) is 0.647. The van der Waals surface area contributed by atoms with Crippen LogP contribution in [0.5, 0.6) is 0 Å². The number of amides is 1. The first-order chi connectivity index (χ1) is 10.4. The van der Waals surface area contributed by atoms with Crippen molar-refractivity contribution in [2.45, 2.75) is 46.5 Å². The lowest BCUT2D eigenvalue weighted by atomic mass is 10.0. The second kappa shape index (κ2) is 11.0. The Morgan fingerprint density at radius 1 is 1.41 bits per heavy atom. The highest BCUT2D eigenvalue weighted by atomic mass is 16.2. The van der Waals surface area contributed by atoms with E-state index in [0.717, 1.165) is 37.0 Å². The van der Waals surface area contributed by atoms with Crippen molar-refractivity contribution in [1.82, 2.24) is 10.2 Å². The quantitative estimate of drug-likeness (QED) is 0.370. The lowest BCUT2D eigenvalue weighted by molar-refractivity contribution is -0.125. The molecule has 5 nitrogen and oxygen atoms in total. The molecule has 0 bridgehead atoms. The van der Waals surface area contributed by atoms with Crippen molar-refractivity contribution in [3.05, 3.63) is 23.7 Å². The molecule has 0 aromatic carbocycles. The lowest BCUT2D eigenvalue weighted by Gasteiger charge is -2.20. The summed E-state index contributed by atoms with van der Waals surface area (Å²) in [5, 5.41) is 11.9. The van der Waals surface area contributed by atoms with Gasteiger partial charge in [0.25, 0.3) is 0 Å². The molecule has 1 amide bonds. The minimum atomic E-state index is -0.0660. The molecule has 0 radical (unpaired) electrons. The van der Waals surface area contributed by atoms with Crippen molar-refractivity contribution in [3.63, 3.8) is 0 Å². The third kappa shape index (κ3) is 6.89. The van der Waals surface area contributed by atoms with Gasteiger partial charge in [0.2, 0.25) is 5.91 Å². The van der Waals surface area contributed by atoms with E-state index in [1.165, 1.54) is 11.8 Å². The first kappa shape index (κ1) is 20.4. The second-order valence-electron chi connectivity index (χ2n) is 5.42.